The monoisotopic (exact) mass is 594 g/mol. The molecule has 1 aromatic heterocycles. The summed E-state index contributed by atoms with van der Waals surface area (Å²) in [6, 6.07) is 10.2. The number of hydrogen-bond donors (Lipinski definition) is 4. The number of benzene rings is 1. The van der Waals surface area contributed by atoms with E-state index in [9.17, 15) is 22.8 Å². The number of aliphatic carboxylic acids is 1. The lowest BCUT2D eigenvalue weighted by atomic mass is 9.95. The van der Waals surface area contributed by atoms with Crippen LogP contribution in [-0.4, -0.2) is 77.0 Å². The van der Waals surface area contributed by atoms with Gasteiger partial charge in [0.05, 0.1) is 12.7 Å². The van der Waals surface area contributed by atoms with Gasteiger partial charge < -0.3 is 30.5 Å². The van der Waals surface area contributed by atoms with Gasteiger partial charge >= 0.3 is 18.1 Å². The fourth-order valence-corrected chi connectivity index (χ4v) is 5.48. The molecule has 2 aliphatic heterocycles. The van der Waals surface area contributed by atoms with Crippen LogP contribution in [-0.2, 0) is 11.2 Å². The Morgan fingerprint density at radius 1 is 1.10 bits per heavy atom. The molecule has 2 saturated heterocycles. The molecule has 2 fully saturated rings. The van der Waals surface area contributed by atoms with E-state index in [1.54, 1.807) is 19.2 Å². The van der Waals surface area contributed by atoms with Gasteiger partial charge in [-0.15, -0.1) is 0 Å². The van der Waals surface area contributed by atoms with Crippen LogP contribution in [0, 0.1) is 0 Å². The Morgan fingerprint density at radius 2 is 1.74 bits per heavy atom. The van der Waals surface area contributed by atoms with Crippen LogP contribution < -0.4 is 20.3 Å². The summed E-state index contributed by atoms with van der Waals surface area (Å²) in [5.74, 6) is -2.20. The van der Waals surface area contributed by atoms with Crippen molar-refractivity contribution in [3.63, 3.8) is 0 Å². The van der Waals surface area contributed by atoms with Gasteiger partial charge in [0.1, 0.15) is 11.6 Å². The molecule has 230 valence electrons. The molecule has 0 radical (unpaired) electrons. The van der Waals surface area contributed by atoms with Crippen molar-refractivity contribution in [1.29, 1.82) is 0 Å². The zero-order chi connectivity index (χ0) is 31.0. The molecular weight excluding hydrogens is 557 g/mol. The third-order valence-corrected chi connectivity index (χ3v) is 7.32. The summed E-state index contributed by atoms with van der Waals surface area (Å²) in [7, 11) is 1.65. The predicted molar refractivity (Wildman–Crippen MR) is 149 cm³/mol. The van der Waals surface area contributed by atoms with Crippen LogP contribution in [0.25, 0.3) is 0 Å². The van der Waals surface area contributed by atoms with Crippen molar-refractivity contribution in [3.05, 3.63) is 53.2 Å². The molecule has 4 N–H and O–H groups in total. The Kier molecular flexibility index (Phi) is 11.1. The highest BCUT2D eigenvalue weighted by Crippen LogP contribution is 2.38. The summed E-state index contributed by atoms with van der Waals surface area (Å²) >= 11 is 0. The van der Waals surface area contributed by atoms with Gasteiger partial charge in [0, 0.05) is 41.5 Å². The summed E-state index contributed by atoms with van der Waals surface area (Å²) in [5, 5.41) is 23.0. The van der Waals surface area contributed by atoms with Crippen molar-refractivity contribution in [2.24, 2.45) is 0 Å². The van der Waals surface area contributed by atoms with Gasteiger partial charge in [0.15, 0.2) is 0 Å². The highest BCUT2D eigenvalue weighted by molar-refractivity contribution is 5.96. The van der Waals surface area contributed by atoms with E-state index in [4.69, 9.17) is 19.7 Å². The number of anilines is 1. The molecule has 1 aromatic carbocycles. The Morgan fingerprint density at radius 3 is 2.24 bits per heavy atom. The van der Waals surface area contributed by atoms with Gasteiger partial charge in [-0.1, -0.05) is 19.9 Å². The molecule has 3 atom stereocenters. The first-order chi connectivity index (χ1) is 19.8. The molecule has 0 saturated carbocycles. The second-order valence-corrected chi connectivity index (χ2v) is 10.6. The fourth-order valence-electron chi connectivity index (χ4n) is 5.48. The molecule has 1 unspecified atom stereocenters. The van der Waals surface area contributed by atoms with Crippen LogP contribution >= 0.6 is 0 Å². The number of alkyl halides is 3. The number of piperidine rings is 1. The Hall–Kier alpha value is -3.87. The van der Waals surface area contributed by atoms with Gasteiger partial charge in [-0.3, -0.25) is 4.79 Å². The smallest absolute Gasteiger partial charge is 0.490 e. The minimum Gasteiger partial charge on any atom is -0.496 e. The van der Waals surface area contributed by atoms with Gasteiger partial charge in [-0.25, -0.2) is 14.6 Å². The number of nitrogens with one attached hydrogen (secondary N) is 2. The second kappa shape index (κ2) is 14.3. The zero-order valence-corrected chi connectivity index (χ0v) is 23.8. The lowest BCUT2D eigenvalue weighted by Crippen LogP contribution is -2.50. The van der Waals surface area contributed by atoms with E-state index in [-0.39, 0.29) is 29.6 Å². The summed E-state index contributed by atoms with van der Waals surface area (Å²) in [5.41, 5.74) is 1.84. The summed E-state index contributed by atoms with van der Waals surface area (Å²) in [4.78, 5) is 40.1. The van der Waals surface area contributed by atoms with Crippen LogP contribution in [0.5, 0.6) is 5.75 Å². The van der Waals surface area contributed by atoms with Gasteiger partial charge in [-0.05, 0) is 69.3 Å². The molecule has 1 amide bonds. The number of rotatable bonds is 10. The lowest BCUT2D eigenvalue weighted by Gasteiger charge is -2.40. The molecule has 42 heavy (non-hydrogen) atoms. The van der Waals surface area contributed by atoms with Crippen LogP contribution in [0.4, 0.5) is 19.0 Å². The number of carboxylic acid groups (broad SMARTS) is 2. The van der Waals surface area contributed by atoms with E-state index in [0.717, 1.165) is 62.2 Å². The fraction of sp³-hybridized carbons (Fsp3) is 0.517. The molecule has 2 bridgehead atoms. The van der Waals surface area contributed by atoms with Crippen molar-refractivity contribution in [1.82, 2.24) is 15.6 Å². The molecule has 4 rings (SSSR count). The van der Waals surface area contributed by atoms with Crippen molar-refractivity contribution in [2.75, 3.05) is 18.6 Å². The largest absolute Gasteiger partial charge is 0.496 e. The van der Waals surface area contributed by atoms with E-state index in [2.05, 4.69) is 34.4 Å². The molecule has 10 nitrogen and oxygen atoms in total. The molecule has 13 heteroatoms. The molecule has 2 aliphatic rings. The summed E-state index contributed by atoms with van der Waals surface area (Å²) in [6.45, 7) is 5.14. The molecule has 0 spiro atoms. The van der Waals surface area contributed by atoms with Gasteiger partial charge in [-0.2, -0.15) is 13.2 Å². The number of carbonyl (C=O) groups is 3. The van der Waals surface area contributed by atoms with E-state index < -0.39 is 18.1 Å². The van der Waals surface area contributed by atoms with Gasteiger partial charge in [0.2, 0.25) is 0 Å². The van der Waals surface area contributed by atoms with Crippen LogP contribution in [0.2, 0.25) is 0 Å². The average molecular weight is 595 g/mol. The number of aromatic nitrogens is 1. The van der Waals surface area contributed by atoms with Crippen LogP contribution in [0.3, 0.4) is 0 Å². The number of carboxylic acids is 2. The number of hydrogen-bond acceptors (Lipinski definition) is 7. The highest BCUT2D eigenvalue weighted by Gasteiger charge is 2.42. The molecule has 3 heterocycles. The first kappa shape index (κ1) is 32.6. The van der Waals surface area contributed by atoms with Crippen molar-refractivity contribution < 1.29 is 42.5 Å². The topological polar surface area (TPSA) is 141 Å². The van der Waals surface area contributed by atoms with E-state index in [1.807, 2.05) is 18.2 Å². The quantitative estimate of drug-likeness (QED) is 0.297. The van der Waals surface area contributed by atoms with Crippen molar-refractivity contribution in [2.45, 2.75) is 82.7 Å². The number of pyridine rings is 1. The molecular formula is C29H37F3N4O6. The first-order valence-electron chi connectivity index (χ1n) is 13.8. The lowest BCUT2D eigenvalue weighted by molar-refractivity contribution is -0.192. The number of aromatic carboxylic acids is 1. The predicted octanol–water partition coefficient (Wildman–Crippen LogP) is 4.28. The van der Waals surface area contributed by atoms with E-state index in [1.165, 1.54) is 6.20 Å². The van der Waals surface area contributed by atoms with Crippen LogP contribution in [0.1, 0.15) is 72.2 Å². The standard InChI is InChI=1S/C27H36N4O4.C2HF3O2/c1-17(2)28-13-5-7-22-23(6-4-8-24(22)35-3)26(32)30-19-14-20-10-11-21(15-19)31(20)25-12-9-18(16-29-25)27(33)34;3-2(4,5)1(6)7/h4,6,8-9,12,16-17,19-21,28H,5,7,10-11,13-15H2,1-3H3,(H,30,32)(H,33,34);(H,6,7)/t19?,20-,21+;. The maximum atomic E-state index is 13.4. The number of ether oxygens (including phenoxy) is 1. The normalized spacial score (nSPS) is 19.6. The summed E-state index contributed by atoms with van der Waals surface area (Å²) in [6.07, 6.45) is 1.83. The number of carbonyl (C=O) groups excluding carboxylic acids is 1. The maximum absolute atomic E-state index is 13.4. The van der Waals surface area contributed by atoms with Gasteiger partial charge in [0.25, 0.3) is 5.91 Å². The van der Waals surface area contributed by atoms with Crippen molar-refractivity contribution in [3.8, 4) is 5.75 Å². The number of halogens is 3. The molecule has 0 aliphatic carbocycles. The Balaban J connectivity index is 0.000000616. The average Bonchev–Trinajstić information content (AvgIpc) is 3.20. The SMILES string of the molecule is COc1cccc(C(=O)NC2C[C@H]3CC[C@@H](C2)N3c2ccc(C(=O)O)cn2)c1CCCNC(C)C.O=C(O)C(F)(F)F. The summed E-state index contributed by atoms with van der Waals surface area (Å²) < 4.78 is 37.3. The number of amides is 1. The Bertz CT molecular complexity index is 1220. The number of fused-ring (bicyclic) bond motifs is 2. The zero-order valence-electron chi connectivity index (χ0n) is 23.8. The minimum atomic E-state index is -5.08. The third-order valence-electron chi connectivity index (χ3n) is 7.32. The molecule has 2 aromatic rings. The number of nitrogens with zero attached hydrogens (tertiary/aromatic N) is 2. The second-order valence-electron chi connectivity index (χ2n) is 10.6. The van der Waals surface area contributed by atoms with Crippen LogP contribution in [0.15, 0.2) is 36.5 Å². The van der Waals surface area contributed by atoms with E-state index >= 15 is 0 Å². The Labute approximate surface area is 242 Å². The third kappa shape index (κ3) is 8.57. The number of methoxy groups -OCH3 is 1. The highest BCUT2D eigenvalue weighted by atomic mass is 19.4. The maximum Gasteiger partial charge on any atom is 0.490 e. The first-order valence-corrected chi connectivity index (χ1v) is 13.8. The van der Waals surface area contributed by atoms with E-state index in [0.29, 0.717) is 11.6 Å². The minimum absolute atomic E-state index is 0.0440. The van der Waals surface area contributed by atoms with Crippen molar-refractivity contribution >= 4 is 23.7 Å².